The minimum atomic E-state index is 0.675. The van der Waals surface area contributed by atoms with E-state index in [0.717, 1.165) is 48.8 Å². The van der Waals surface area contributed by atoms with Crippen molar-refractivity contribution < 1.29 is 4.74 Å². The molecule has 0 N–H and O–H groups in total. The molecule has 0 saturated carbocycles. The number of hydrogen-bond donors (Lipinski definition) is 0. The van der Waals surface area contributed by atoms with E-state index in [1.54, 1.807) is 13.3 Å². The Hall–Kier alpha value is -1.30. The molecule has 122 valence electrons. The summed E-state index contributed by atoms with van der Waals surface area (Å²) < 4.78 is 6.54. The molecule has 1 aliphatic rings. The van der Waals surface area contributed by atoms with Gasteiger partial charge in [0, 0.05) is 49.0 Å². The summed E-state index contributed by atoms with van der Waals surface area (Å²) in [5.74, 6) is 1.93. The lowest BCUT2D eigenvalue weighted by molar-refractivity contribution is 0.245. The van der Waals surface area contributed by atoms with Crippen molar-refractivity contribution in [2.24, 2.45) is 0 Å². The summed E-state index contributed by atoms with van der Waals surface area (Å²) in [6.45, 7) is 4.82. The molecule has 0 radical (unpaired) electrons. The SMILES string of the molecule is COc1ccc(Br)cc1CN1CCN(c2ccc(Cl)cn2)CC1. The van der Waals surface area contributed by atoms with Gasteiger partial charge in [0.25, 0.3) is 0 Å². The monoisotopic (exact) mass is 395 g/mol. The molecule has 4 nitrogen and oxygen atoms in total. The van der Waals surface area contributed by atoms with Crippen LogP contribution in [0.1, 0.15) is 5.56 Å². The Kier molecular flexibility index (Phi) is 5.41. The minimum absolute atomic E-state index is 0.675. The van der Waals surface area contributed by atoms with Gasteiger partial charge in [-0.1, -0.05) is 27.5 Å². The Morgan fingerprint density at radius 3 is 2.61 bits per heavy atom. The Labute approximate surface area is 150 Å². The summed E-state index contributed by atoms with van der Waals surface area (Å²) >= 11 is 9.44. The van der Waals surface area contributed by atoms with E-state index in [-0.39, 0.29) is 0 Å². The quantitative estimate of drug-likeness (QED) is 0.785. The highest BCUT2D eigenvalue weighted by atomic mass is 79.9. The number of halogens is 2. The summed E-state index contributed by atoms with van der Waals surface area (Å²) in [7, 11) is 1.72. The fourth-order valence-electron chi connectivity index (χ4n) is 2.80. The second-order valence-electron chi connectivity index (χ2n) is 5.55. The number of hydrogen-bond acceptors (Lipinski definition) is 4. The Balaban J connectivity index is 1.61. The number of nitrogens with zero attached hydrogens (tertiary/aromatic N) is 3. The number of rotatable bonds is 4. The third-order valence-electron chi connectivity index (χ3n) is 4.04. The maximum Gasteiger partial charge on any atom is 0.128 e. The first kappa shape index (κ1) is 16.6. The number of ether oxygens (including phenoxy) is 1. The van der Waals surface area contributed by atoms with Crippen LogP contribution in [-0.4, -0.2) is 43.2 Å². The van der Waals surface area contributed by atoms with Crippen molar-refractivity contribution in [3.8, 4) is 5.75 Å². The first-order valence-corrected chi connectivity index (χ1v) is 8.74. The maximum absolute atomic E-state index is 5.90. The summed E-state index contributed by atoms with van der Waals surface area (Å²) in [6.07, 6.45) is 1.70. The maximum atomic E-state index is 5.90. The van der Waals surface area contributed by atoms with Crippen LogP contribution >= 0.6 is 27.5 Å². The summed E-state index contributed by atoms with van der Waals surface area (Å²) in [6, 6.07) is 10.0. The molecule has 3 rings (SSSR count). The fourth-order valence-corrected chi connectivity index (χ4v) is 3.32. The van der Waals surface area contributed by atoms with Gasteiger partial charge in [0.1, 0.15) is 11.6 Å². The molecule has 0 unspecified atom stereocenters. The van der Waals surface area contributed by atoms with Crippen LogP contribution in [0.25, 0.3) is 0 Å². The number of pyridine rings is 1. The van der Waals surface area contributed by atoms with Gasteiger partial charge in [-0.05, 0) is 30.3 Å². The zero-order valence-electron chi connectivity index (χ0n) is 13.0. The van der Waals surface area contributed by atoms with E-state index >= 15 is 0 Å². The van der Waals surface area contributed by atoms with Gasteiger partial charge >= 0.3 is 0 Å². The van der Waals surface area contributed by atoms with Gasteiger partial charge in [-0.2, -0.15) is 0 Å². The second-order valence-corrected chi connectivity index (χ2v) is 6.91. The highest BCUT2D eigenvalue weighted by molar-refractivity contribution is 9.10. The van der Waals surface area contributed by atoms with Crippen molar-refractivity contribution in [3.05, 3.63) is 51.6 Å². The third-order valence-corrected chi connectivity index (χ3v) is 4.76. The van der Waals surface area contributed by atoms with Crippen molar-refractivity contribution in [1.29, 1.82) is 0 Å². The Morgan fingerprint density at radius 1 is 1.17 bits per heavy atom. The van der Waals surface area contributed by atoms with Crippen LogP contribution in [0.15, 0.2) is 41.0 Å². The van der Waals surface area contributed by atoms with Crippen molar-refractivity contribution in [3.63, 3.8) is 0 Å². The molecule has 0 bridgehead atoms. The summed E-state index contributed by atoms with van der Waals surface area (Å²) in [5, 5.41) is 0.675. The van der Waals surface area contributed by atoms with Crippen molar-refractivity contribution >= 4 is 33.3 Å². The molecule has 1 aromatic carbocycles. The Morgan fingerprint density at radius 2 is 1.96 bits per heavy atom. The molecule has 0 amide bonds. The molecule has 1 fully saturated rings. The molecule has 1 saturated heterocycles. The van der Waals surface area contributed by atoms with Crippen LogP contribution in [0.3, 0.4) is 0 Å². The lowest BCUT2D eigenvalue weighted by Gasteiger charge is -2.35. The summed E-state index contributed by atoms with van der Waals surface area (Å²) in [4.78, 5) is 9.14. The lowest BCUT2D eigenvalue weighted by Crippen LogP contribution is -2.46. The average Bonchev–Trinajstić information content (AvgIpc) is 2.57. The molecule has 2 heterocycles. The van der Waals surface area contributed by atoms with Gasteiger partial charge in [0.2, 0.25) is 0 Å². The minimum Gasteiger partial charge on any atom is -0.496 e. The van der Waals surface area contributed by atoms with Crippen LogP contribution < -0.4 is 9.64 Å². The number of anilines is 1. The zero-order chi connectivity index (χ0) is 16.2. The van der Waals surface area contributed by atoms with E-state index in [4.69, 9.17) is 16.3 Å². The molecule has 0 aliphatic carbocycles. The normalized spacial score (nSPS) is 15.7. The van der Waals surface area contributed by atoms with E-state index < -0.39 is 0 Å². The number of benzene rings is 1. The number of aromatic nitrogens is 1. The molecule has 6 heteroatoms. The van der Waals surface area contributed by atoms with E-state index in [0.29, 0.717) is 5.02 Å². The molecule has 23 heavy (non-hydrogen) atoms. The molecular weight excluding hydrogens is 378 g/mol. The largest absolute Gasteiger partial charge is 0.496 e. The topological polar surface area (TPSA) is 28.6 Å². The Bertz CT molecular complexity index is 657. The van der Waals surface area contributed by atoms with Crippen LogP contribution in [-0.2, 0) is 6.54 Å². The van der Waals surface area contributed by atoms with Gasteiger partial charge in [-0.3, -0.25) is 4.90 Å². The van der Waals surface area contributed by atoms with Gasteiger partial charge < -0.3 is 9.64 Å². The van der Waals surface area contributed by atoms with Crippen LogP contribution in [0.2, 0.25) is 5.02 Å². The van der Waals surface area contributed by atoms with Crippen LogP contribution in [0.4, 0.5) is 5.82 Å². The van der Waals surface area contributed by atoms with E-state index in [1.165, 1.54) is 5.56 Å². The molecule has 0 atom stereocenters. The van der Waals surface area contributed by atoms with E-state index in [1.807, 2.05) is 24.3 Å². The fraction of sp³-hybridized carbons (Fsp3) is 0.353. The van der Waals surface area contributed by atoms with E-state index in [2.05, 4.69) is 36.8 Å². The number of methoxy groups -OCH3 is 1. The van der Waals surface area contributed by atoms with Crippen LogP contribution in [0.5, 0.6) is 5.75 Å². The predicted octanol–water partition coefficient (Wildman–Crippen LogP) is 3.83. The lowest BCUT2D eigenvalue weighted by atomic mass is 10.1. The van der Waals surface area contributed by atoms with E-state index in [9.17, 15) is 0 Å². The highest BCUT2D eigenvalue weighted by Gasteiger charge is 2.19. The first-order chi connectivity index (χ1) is 11.2. The van der Waals surface area contributed by atoms with Crippen molar-refractivity contribution in [1.82, 2.24) is 9.88 Å². The highest BCUT2D eigenvalue weighted by Crippen LogP contribution is 2.25. The molecule has 0 spiro atoms. The van der Waals surface area contributed by atoms with Gasteiger partial charge in [-0.15, -0.1) is 0 Å². The third kappa shape index (κ3) is 4.16. The second kappa shape index (κ2) is 7.51. The predicted molar refractivity (Wildman–Crippen MR) is 97.4 cm³/mol. The van der Waals surface area contributed by atoms with Crippen LogP contribution in [0, 0.1) is 0 Å². The smallest absolute Gasteiger partial charge is 0.128 e. The van der Waals surface area contributed by atoms with Crippen molar-refractivity contribution in [2.75, 3.05) is 38.2 Å². The molecule has 1 aliphatic heterocycles. The first-order valence-electron chi connectivity index (χ1n) is 7.57. The van der Waals surface area contributed by atoms with Crippen molar-refractivity contribution in [2.45, 2.75) is 6.54 Å². The van der Waals surface area contributed by atoms with Gasteiger partial charge in [-0.25, -0.2) is 4.98 Å². The van der Waals surface area contributed by atoms with Gasteiger partial charge in [0.15, 0.2) is 0 Å². The standard InChI is InChI=1S/C17H19BrClN3O/c1-23-16-4-2-14(18)10-13(16)12-21-6-8-22(9-7-21)17-5-3-15(19)11-20-17/h2-5,10-11H,6-9,12H2,1H3. The molecular formula is C17H19BrClN3O. The zero-order valence-corrected chi connectivity index (χ0v) is 15.3. The summed E-state index contributed by atoms with van der Waals surface area (Å²) in [5.41, 5.74) is 1.21. The van der Waals surface area contributed by atoms with Gasteiger partial charge in [0.05, 0.1) is 12.1 Å². The molecule has 1 aromatic heterocycles. The number of piperazine rings is 1. The molecule has 2 aromatic rings. The average molecular weight is 397 g/mol.